The molecule has 2 aliphatic rings. The van der Waals surface area contributed by atoms with E-state index in [1.54, 1.807) is 0 Å². The third-order valence-corrected chi connectivity index (χ3v) is 7.91. The number of phosphoric ester groups is 2. The van der Waals surface area contributed by atoms with Crippen molar-refractivity contribution >= 4 is 15.6 Å². The van der Waals surface area contributed by atoms with E-state index in [0.717, 1.165) is 4.57 Å². The van der Waals surface area contributed by atoms with Gasteiger partial charge >= 0.3 is 21.3 Å². The molecular formula is C16H26N2O15P2. The Bertz CT molecular complexity index is 1120. The Morgan fingerprint density at radius 3 is 2.40 bits per heavy atom. The minimum Gasteiger partial charge on any atom is -0.390 e. The van der Waals surface area contributed by atoms with E-state index in [4.69, 9.17) is 9.47 Å². The summed E-state index contributed by atoms with van der Waals surface area (Å²) in [5, 5.41) is 39.3. The normalized spacial score (nSPS) is 37.0. The molecule has 0 aliphatic carbocycles. The molecule has 35 heavy (non-hydrogen) atoms. The van der Waals surface area contributed by atoms with Crippen LogP contribution in [0.5, 0.6) is 0 Å². The first kappa shape index (κ1) is 28.3. The van der Waals surface area contributed by atoms with Crippen molar-refractivity contribution in [1.82, 2.24) is 9.55 Å². The summed E-state index contributed by atoms with van der Waals surface area (Å²) in [5.41, 5.74) is -1.23. The second kappa shape index (κ2) is 10.6. The zero-order valence-electron chi connectivity index (χ0n) is 18.3. The molecule has 17 nitrogen and oxygen atoms in total. The van der Waals surface area contributed by atoms with Crippen LogP contribution in [-0.2, 0) is 32.0 Å². The highest BCUT2D eigenvalue weighted by Gasteiger charge is 2.47. The Morgan fingerprint density at radius 1 is 1.09 bits per heavy atom. The first-order chi connectivity index (χ1) is 16.1. The highest BCUT2D eigenvalue weighted by Crippen LogP contribution is 2.61. The van der Waals surface area contributed by atoms with Crippen LogP contribution in [0.3, 0.4) is 0 Å². The van der Waals surface area contributed by atoms with Crippen LogP contribution in [0, 0.1) is 6.92 Å². The van der Waals surface area contributed by atoms with Crippen LogP contribution in [-0.4, -0.2) is 89.3 Å². The lowest BCUT2D eigenvalue weighted by molar-refractivity contribution is -0.271. The average Bonchev–Trinajstić information content (AvgIpc) is 3.11. The molecule has 3 rings (SSSR count). The van der Waals surface area contributed by atoms with E-state index in [0.29, 0.717) is 0 Å². The van der Waals surface area contributed by atoms with Gasteiger partial charge in [-0.1, -0.05) is 0 Å². The van der Waals surface area contributed by atoms with E-state index in [1.807, 2.05) is 0 Å². The fourth-order valence-corrected chi connectivity index (χ4v) is 5.57. The molecule has 2 fully saturated rings. The van der Waals surface area contributed by atoms with Crippen LogP contribution in [0.4, 0.5) is 0 Å². The van der Waals surface area contributed by atoms with Crippen LogP contribution in [0.25, 0.3) is 0 Å². The summed E-state index contributed by atoms with van der Waals surface area (Å²) in [7, 11) is -10.8. The number of nitrogens with one attached hydrogen (secondary N) is 1. The zero-order chi connectivity index (χ0) is 26.3. The van der Waals surface area contributed by atoms with Gasteiger partial charge in [0.2, 0.25) is 0 Å². The minimum absolute atomic E-state index is 0.152. The maximum absolute atomic E-state index is 12.2. The SMILES string of the molecule is Cc1cn([C@H]2C[C@H](O)[C@@H](COP(=O)(O)OP(=O)(O)O[C@@H]3O[C@@H](C)[C@@H](O)[C@@H](O)[C@H]3O)O2)c(=O)[nH]c1=O. The molecule has 2 unspecified atom stereocenters. The van der Waals surface area contributed by atoms with Gasteiger partial charge in [-0.25, -0.2) is 13.9 Å². The summed E-state index contributed by atoms with van der Waals surface area (Å²) in [4.78, 5) is 45.2. The van der Waals surface area contributed by atoms with Crippen molar-refractivity contribution in [2.45, 2.75) is 69.4 Å². The van der Waals surface area contributed by atoms with Crippen LogP contribution in [0.2, 0.25) is 0 Å². The second-order valence-corrected chi connectivity index (χ2v) is 11.0. The predicted molar refractivity (Wildman–Crippen MR) is 111 cm³/mol. The fourth-order valence-electron chi connectivity index (χ4n) is 3.41. The standard InChI is InChI=1S/C16H26N2O15P2/c1-6-4-18(16(24)17-14(6)23)10-3-8(19)9(31-10)5-29-34(25,26)33-35(27,28)32-15-13(22)12(21)11(20)7(2)30-15/h4,7-13,15,19-22H,3,5H2,1-2H3,(H,25,26)(H,27,28)(H,17,23,24)/t7-,8-,9+,10+,11+,12+,13+,15-/m0/s1. The summed E-state index contributed by atoms with van der Waals surface area (Å²) in [6.07, 6.45) is -11.0. The van der Waals surface area contributed by atoms with Crippen molar-refractivity contribution in [3.63, 3.8) is 0 Å². The fraction of sp³-hybridized carbons (Fsp3) is 0.750. The summed E-state index contributed by atoms with van der Waals surface area (Å²) < 4.78 is 49.0. The number of hydrogen-bond donors (Lipinski definition) is 7. The van der Waals surface area contributed by atoms with E-state index >= 15 is 0 Å². The molecule has 1 aromatic heterocycles. The molecular weight excluding hydrogens is 522 g/mol. The van der Waals surface area contributed by atoms with Crippen molar-refractivity contribution in [1.29, 1.82) is 0 Å². The number of aromatic nitrogens is 2. The summed E-state index contributed by atoms with van der Waals surface area (Å²) >= 11 is 0. The first-order valence-corrected chi connectivity index (χ1v) is 13.1. The number of aryl methyl sites for hydroxylation is 1. The Hall–Kier alpha value is -1.30. The Kier molecular flexibility index (Phi) is 8.56. The number of nitrogens with zero attached hydrogens (tertiary/aromatic N) is 1. The van der Waals surface area contributed by atoms with Gasteiger partial charge in [0, 0.05) is 18.2 Å². The highest BCUT2D eigenvalue weighted by atomic mass is 31.3. The van der Waals surface area contributed by atoms with E-state index in [9.17, 15) is 48.9 Å². The molecule has 3 heterocycles. The molecule has 0 amide bonds. The van der Waals surface area contributed by atoms with Gasteiger partial charge in [-0.3, -0.25) is 23.4 Å². The number of aliphatic hydroxyl groups excluding tert-OH is 4. The summed E-state index contributed by atoms with van der Waals surface area (Å²) in [6.45, 7) is 1.88. The lowest BCUT2D eigenvalue weighted by Crippen LogP contribution is -2.57. The zero-order valence-corrected chi connectivity index (χ0v) is 20.1. The number of aromatic amines is 1. The smallest absolute Gasteiger partial charge is 0.390 e. The molecule has 7 N–H and O–H groups in total. The molecule has 0 saturated carbocycles. The molecule has 0 aromatic carbocycles. The lowest BCUT2D eigenvalue weighted by atomic mass is 10.0. The van der Waals surface area contributed by atoms with Crippen LogP contribution in [0.1, 0.15) is 25.1 Å². The molecule has 19 heteroatoms. The monoisotopic (exact) mass is 548 g/mol. The number of phosphoric acid groups is 2. The van der Waals surface area contributed by atoms with Gasteiger partial charge in [0.1, 0.15) is 30.6 Å². The summed E-state index contributed by atoms with van der Waals surface area (Å²) in [6, 6.07) is 0. The Balaban J connectivity index is 1.59. The van der Waals surface area contributed by atoms with Gasteiger partial charge in [-0.05, 0) is 13.8 Å². The van der Waals surface area contributed by atoms with Crippen LogP contribution in [0.15, 0.2) is 15.8 Å². The molecule has 200 valence electrons. The van der Waals surface area contributed by atoms with Crippen molar-refractivity contribution < 1.29 is 62.2 Å². The number of H-pyrrole nitrogens is 1. The number of ether oxygens (including phenoxy) is 2. The van der Waals surface area contributed by atoms with E-state index in [2.05, 4.69) is 18.3 Å². The van der Waals surface area contributed by atoms with E-state index in [1.165, 1.54) is 20.0 Å². The molecule has 0 bridgehead atoms. The first-order valence-electron chi connectivity index (χ1n) is 10.2. The number of rotatable bonds is 8. The minimum atomic E-state index is -5.44. The maximum atomic E-state index is 12.2. The van der Waals surface area contributed by atoms with E-state index < -0.39 is 82.6 Å². The van der Waals surface area contributed by atoms with Crippen molar-refractivity contribution in [2.24, 2.45) is 0 Å². The third kappa shape index (κ3) is 6.72. The topological polar surface area (TPSA) is 257 Å². The quantitative estimate of drug-likeness (QED) is 0.167. The Labute approximate surface area is 196 Å². The van der Waals surface area contributed by atoms with Gasteiger partial charge in [0.25, 0.3) is 5.56 Å². The largest absolute Gasteiger partial charge is 0.483 e. The van der Waals surface area contributed by atoms with Gasteiger partial charge in [0.15, 0.2) is 6.29 Å². The molecule has 0 radical (unpaired) electrons. The van der Waals surface area contributed by atoms with Gasteiger partial charge in [0.05, 0.1) is 18.8 Å². The molecule has 2 aliphatic heterocycles. The predicted octanol–water partition coefficient (Wildman–Crippen LogP) is -2.43. The Morgan fingerprint density at radius 2 is 1.74 bits per heavy atom. The van der Waals surface area contributed by atoms with Crippen molar-refractivity contribution in [3.8, 4) is 0 Å². The molecule has 10 atom stereocenters. The van der Waals surface area contributed by atoms with Crippen LogP contribution < -0.4 is 11.2 Å². The molecule has 2 saturated heterocycles. The van der Waals surface area contributed by atoms with Gasteiger partial charge in [-0.2, -0.15) is 4.31 Å². The van der Waals surface area contributed by atoms with Crippen molar-refractivity contribution in [3.05, 3.63) is 32.6 Å². The number of aliphatic hydroxyl groups is 4. The lowest BCUT2D eigenvalue weighted by Gasteiger charge is -2.38. The third-order valence-electron chi connectivity index (χ3n) is 5.31. The maximum Gasteiger partial charge on any atom is 0.483 e. The molecule has 0 spiro atoms. The van der Waals surface area contributed by atoms with Gasteiger partial charge in [-0.15, -0.1) is 0 Å². The highest BCUT2D eigenvalue weighted by molar-refractivity contribution is 7.61. The molecule has 1 aromatic rings. The van der Waals surface area contributed by atoms with Crippen LogP contribution >= 0.6 is 15.6 Å². The average molecular weight is 548 g/mol. The van der Waals surface area contributed by atoms with E-state index in [-0.39, 0.29) is 12.0 Å². The van der Waals surface area contributed by atoms with Crippen molar-refractivity contribution in [2.75, 3.05) is 6.61 Å². The van der Waals surface area contributed by atoms with Gasteiger partial charge < -0.3 is 39.7 Å². The number of hydrogen-bond acceptors (Lipinski definition) is 13. The second-order valence-electron chi connectivity index (χ2n) is 8.01. The summed E-state index contributed by atoms with van der Waals surface area (Å²) in [5.74, 6) is 0.